The molecule has 106 valence electrons. The Morgan fingerprint density at radius 3 is 2.26 bits per heavy atom. The zero-order valence-corrected chi connectivity index (χ0v) is 12.3. The molecule has 0 aromatic heterocycles. The highest BCUT2D eigenvalue weighted by atomic mass is 32.2. The van der Waals surface area contributed by atoms with Crippen LogP contribution >= 0.6 is 0 Å². The van der Waals surface area contributed by atoms with Crippen LogP contribution in [-0.4, -0.2) is 50.9 Å². The maximum Gasteiger partial charge on any atom is 0.182 e. The molecule has 0 N–H and O–H groups in total. The number of morpholine rings is 1. The number of sulfone groups is 1. The maximum atomic E-state index is 12.6. The van der Waals surface area contributed by atoms with E-state index in [-0.39, 0.29) is 6.04 Å². The van der Waals surface area contributed by atoms with Crippen LogP contribution in [0.25, 0.3) is 0 Å². The number of hydrogen-bond acceptors (Lipinski definition) is 4. The van der Waals surface area contributed by atoms with Gasteiger partial charge in [0.25, 0.3) is 0 Å². The van der Waals surface area contributed by atoms with Crippen LogP contribution in [0.3, 0.4) is 0 Å². The summed E-state index contributed by atoms with van der Waals surface area (Å²) in [5, 5.41) is -0.423. The van der Waals surface area contributed by atoms with Gasteiger partial charge in [0.2, 0.25) is 0 Å². The van der Waals surface area contributed by atoms with E-state index in [1.54, 1.807) is 31.2 Å². The van der Waals surface area contributed by atoms with Crippen LogP contribution < -0.4 is 0 Å². The third kappa shape index (κ3) is 3.16. The summed E-state index contributed by atoms with van der Waals surface area (Å²) < 4.78 is 30.4. The summed E-state index contributed by atoms with van der Waals surface area (Å²) in [4.78, 5) is 2.59. The van der Waals surface area contributed by atoms with Crippen LogP contribution in [0.1, 0.15) is 13.8 Å². The van der Waals surface area contributed by atoms with E-state index in [2.05, 4.69) is 4.90 Å². The van der Waals surface area contributed by atoms with Gasteiger partial charge in [0.1, 0.15) is 0 Å². The second-order valence-corrected chi connectivity index (χ2v) is 7.26. The largest absolute Gasteiger partial charge is 0.379 e. The van der Waals surface area contributed by atoms with Crippen molar-refractivity contribution in [3.05, 3.63) is 30.3 Å². The molecule has 4 nitrogen and oxygen atoms in total. The first-order valence-corrected chi connectivity index (χ1v) is 8.19. The smallest absolute Gasteiger partial charge is 0.182 e. The fourth-order valence-corrected chi connectivity index (χ4v) is 4.02. The topological polar surface area (TPSA) is 46.6 Å². The summed E-state index contributed by atoms with van der Waals surface area (Å²) in [5.41, 5.74) is 0. The molecule has 0 radical (unpaired) electrons. The van der Waals surface area contributed by atoms with Gasteiger partial charge < -0.3 is 4.74 Å². The predicted molar refractivity (Wildman–Crippen MR) is 74.9 cm³/mol. The Bertz CT molecular complexity index is 495. The standard InChI is InChI=1S/C14H21NO3S/c1-12(15-8-10-18-11-9-15)13(2)19(16,17)14-6-4-3-5-7-14/h3-7,12-13H,8-11H2,1-2H3. The first-order chi connectivity index (χ1) is 9.03. The Hall–Kier alpha value is -0.910. The minimum Gasteiger partial charge on any atom is -0.379 e. The average molecular weight is 283 g/mol. The maximum absolute atomic E-state index is 12.6. The van der Waals surface area contributed by atoms with Gasteiger partial charge in [0.05, 0.1) is 23.4 Å². The van der Waals surface area contributed by atoms with E-state index in [1.165, 1.54) is 0 Å². The fraction of sp³-hybridized carbons (Fsp3) is 0.571. The van der Waals surface area contributed by atoms with Gasteiger partial charge >= 0.3 is 0 Å². The van der Waals surface area contributed by atoms with Gasteiger partial charge in [-0.2, -0.15) is 0 Å². The van der Waals surface area contributed by atoms with E-state index in [9.17, 15) is 8.42 Å². The third-order valence-electron chi connectivity index (χ3n) is 3.86. The molecule has 1 aliphatic rings. The Balaban J connectivity index is 2.16. The first-order valence-electron chi connectivity index (χ1n) is 6.64. The number of benzene rings is 1. The third-order valence-corrected chi connectivity index (χ3v) is 6.16. The van der Waals surface area contributed by atoms with Gasteiger partial charge in [-0.3, -0.25) is 4.90 Å². The Morgan fingerprint density at radius 1 is 1.11 bits per heavy atom. The van der Waals surface area contributed by atoms with E-state index in [1.807, 2.05) is 13.0 Å². The van der Waals surface area contributed by atoms with Crippen molar-refractivity contribution in [3.8, 4) is 0 Å². The van der Waals surface area contributed by atoms with Crippen LogP contribution in [0.2, 0.25) is 0 Å². The molecule has 19 heavy (non-hydrogen) atoms. The molecular formula is C14H21NO3S. The molecule has 0 bridgehead atoms. The first kappa shape index (κ1) is 14.5. The molecule has 1 aromatic carbocycles. The molecule has 1 saturated heterocycles. The van der Waals surface area contributed by atoms with Crippen LogP contribution in [0.5, 0.6) is 0 Å². The molecule has 0 spiro atoms. The second-order valence-electron chi connectivity index (χ2n) is 4.95. The van der Waals surface area contributed by atoms with Gasteiger partial charge in [0, 0.05) is 19.1 Å². The van der Waals surface area contributed by atoms with Crippen molar-refractivity contribution in [2.75, 3.05) is 26.3 Å². The number of rotatable bonds is 4. The Labute approximate surface area is 115 Å². The fourth-order valence-electron chi connectivity index (χ4n) is 2.37. The van der Waals surface area contributed by atoms with Gasteiger partial charge in [-0.15, -0.1) is 0 Å². The van der Waals surface area contributed by atoms with Crippen molar-refractivity contribution in [2.45, 2.75) is 30.0 Å². The molecule has 2 rings (SSSR count). The minimum atomic E-state index is -3.27. The van der Waals surface area contributed by atoms with E-state index >= 15 is 0 Å². The summed E-state index contributed by atoms with van der Waals surface area (Å²) in [5.74, 6) is 0. The van der Waals surface area contributed by atoms with Crippen molar-refractivity contribution in [1.29, 1.82) is 0 Å². The molecule has 5 heteroatoms. The molecule has 1 heterocycles. The molecule has 1 aliphatic heterocycles. The molecule has 0 saturated carbocycles. The van der Waals surface area contributed by atoms with E-state index in [0.29, 0.717) is 18.1 Å². The number of nitrogens with zero attached hydrogens (tertiary/aromatic N) is 1. The summed E-state index contributed by atoms with van der Waals surface area (Å²) in [7, 11) is -3.27. The summed E-state index contributed by atoms with van der Waals surface area (Å²) in [6.07, 6.45) is 0. The molecule has 0 aliphatic carbocycles. The predicted octanol–water partition coefficient (Wildman–Crippen LogP) is 1.57. The normalized spacial score (nSPS) is 20.9. The van der Waals surface area contributed by atoms with E-state index in [0.717, 1.165) is 13.1 Å². The van der Waals surface area contributed by atoms with Crippen LogP contribution in [0.15, 0.2) is 35.2 Å². The lowest BCUT2D eigenvalue weighted by atomic mass is 10.2. The number of ether oxygens (including phenoxy) is 1. The lowest BCUT2D eigenvalue weighted by molar-refractivity contribution is 0.0202. The second kappa shape index (κ2) is 6.03. The minimum absolute atomic E-state index is 0.00546. The molecule has 0 amide bonds. The van der Waals surface area contributed by atoms with Gasteiger partial charge in [-0.05, 0) is 26.0 Å². The van der Waals surface area contributed by atoms with Crippen molar-refractivity contribution in [1.82, 2.24) is 4.90 Å². The quantitative estimate of drug-likeness (QED) is 0.841. The summed E-state index contributed by atoms with van der Waals surface area (Å²) >= 11 is 0. The molecular weight excluding hydrogens is 262 g/mol. The Morgan fingerprint density at radius 2 is 1.68 bits per heavy atom. The highest BCUT2D eigenvalue weighted by Crippen LogP contribution is 2.21. The highest BCUT2D eigenvalue weighted by molar-refractivity contribution is 7.92. The lowest BCUT2D eigenvalue weighted by Crippen LogP contribution is -2.48. The zero-order chi connectivity index (χ0) is 13.9. The average Bonchev–Trinajstić information content (AvgIpc) is 2.47. The summed E-state index contributed by atoms with van der Waals surface area (Å²) in [6.45, 7) is 6.75. The van der Waals surface area contributed by atoms with Crippen molar-refractivity contribution in [3.63, 3.8) is 0 Å². The van der Waals surface area contributed by atoms with Crippen LogP contribution in [-0.2, 0) is 14.6 Å². The zero-order valence-electron chi connectivity index (χ0n) is 11.5. The van der Waals surface area contributed by atoms with Crippen LogP contribution in [0.4, 0.5) is 0 Å². The van der Waals surface area contributed by atoms with Gasteiger partial charge in [0.15, 0.2) is 9.84 Å². The molecule has 1 aromatic rings. The van der Waals surface area contributed by atoms with Crippen LogP contribution in [0, 0.1) is 0 Å². The molecule has 1 fully saturated rings. The molecule has 2 atom stereocenters. The summed E-state index contributed by atoms with van der Waals surface area (Å²) in [6, 6.07) is 8.68. The highest BCUT2D eigenvalue weighted by Gasteiger charge is 2.32. The van der Waals surface area contributed by atoms with Crippen molar-refractivity contribution in [2.24, 2.45) is 0 Å². The SMILES string of the molecule is CC(C(C)S(=O)(=O)c1ccccc1)N1CCOCC1. The van der Waals surface area contributed by atoms with E-state index in [4.69, 9.17) is 4.74 Å². The van der Waals surface area contributed by atoms with Gasteiger partial charge in [-0.1, -0.05) is 18.2 Å². The lowest BCUT2D eigenvalue weighted by Gasteiger charge is -2.35. The monoisotopic (exact) mass is 283 g/mol. The van der Waals surface area contributed by atoms with Crippen molar-refractivity contribution >= 4 is 9.84 Å². The Kier molecular flexibility index (Phi) is 4.60. The van der Waals surface area contributed by atoms with Crippen molar-refractivity contribution < 1.29 is 13.2 Å². The molecule has 2 unspecified atom stereocenters. The van der Waals surface area contributed by atoms with Gasteiger partial charge in [-0.25, -0.2) is 8.42 Å². The van der Waals surface area contributed by atoms with E-state index < -0.39 is 15.1 Å². The number of hydrogen-bond donors (Lipinski definition) is 0.